The molecular weight excluding hydrogens is 315 g/mol. The maximum absolute atomic E-state index is 13.8. The Morgan fingerprint density at radius 3 is 2.72 bits per heavy atom. The molecule has 0 N–H and O–H groups in total. The van der Waals surface area contributed by atoms with Gasteiger partial charge in [0.2, 0.25) is 0 Å². The van der Waals surface area contributed by atoms with Crippen molar-refractivity contribution in [2.75, 3.05) is 6.61 Å². The molecule has 1 rings (SSSR count). The highest BCUT2D eigenvalue weighted by Gasteiger charge is 2.19. The van der Waals surface area contributed by atoms with Crippen LogP contribution in [-0.4, -0.2) is 17.6 Å². The van der Waals surface area contributed by atoms with E-state index in [1.807, 2.05) is 0 Å². The van der Waals surface area contributed by atoms with Gasteiger partial charge in [0, 0.05) is 10.9 Å². The van der Waals surface area contributed by atoms with E-state index in [0.717, 1.165) is 6.07 Å². The largest absolute Gasteiger partial charge is 0.466 e. The lowest BCUT2D eigenvalue weighted by Crippen LogP contribution is -2.12. The van der Waals surface area contributed by atoms with Crippen LogP contribution >= 0.6 is 15.9 Å². The van der Waals surface area contributed by atoms with Crippen LogP contribution in [0.2, 0.25) is 0 Å². The van der Waals surface area contributed by atoms with Gasteiger partial charge in [-0.3, -0.25) is 4.79 Å². The molecule has 0 unspecified atom stereocenters. The van der Waals surface area contributed by atoms with E-state index in [1.54, 1.807) is 6.92 Å². The molecule has 0 spiro atoms. The summed E-state index contributed by atoms with van der Waals surface area (Å²) >= 11 is 2.99. The van der Waals surface area contributed by atoms with Crippen LogP contribution in [0.3, 0.4) is 0 Å². The quantitative estimate of drug-likeness (QED) is 0.616. The van der Waals surface area contributed by atoms with Crippen LogP contribution in [0.25, 0.3) is 0 Å². The zero-order chi connectivity index (χ0) is 13.7. The third-order valence-corrected chi connectivity index (χ3v) is 2.71. The highest BCUT2D eigenvalue weighted by atomic mass is 79.9. The number of ether oxygens (including phenoxy) is 1. The van der Waals surface area contributed by atoms with Crippen LogP contribution in [0.1, 0.15) is 30.3 Å². The van der Waals surface area contributed by atoms with Crippen LogP contribution in [0.5, 0.6) is 0 Å². The molecule has 0 atom stereocenters. The highest BCUT2D eigenvalue weighted by molar-refractivity contribution is 9.08. The number of halogens is 4. The monoisotopic (exact) mass is 325 g/mol. The summed E-state index contributed by atoms with van der Waals surface area (Å²) in [6.07, 6.45) is -3.27. The minimum absolute atomic E-state index is 0.0413. The van der Waals surface area contributed by atoms with Gasteiger partial charge in [-0.1, -0.05) is 15.9 Å². The summed E-state index contributed by atoms with van der Waals surface area (Å²) in [5.41, 5.74) is -0.828. The van der Waals surface area contributed by atoms with Crippen molar-refractivity contribution in [3.05, 3.63) is 28.8 Å². The van der Waals surface area contributed by atoms with Crippen molar-refractivity contribution in [2.24, 2.45) is 0 Å². The number of carbonyl (C=O) groups is 1. The van der Waals surface area contributed by atoms with E-state index >= 15 is 0 Å². The Hall–Kier alpha value is -1.11. The zero-order valence-electron chi connectivity index (χ0n) is 9.55. The molecule has 1 heterocycles. The van der Waals surface area contributed by atoms with E-state index in [1.165, 1.54) is 0 Å². The van der Waals surface area contributed by atoms with Gasteiger partial charge < -0.3 is 4.74 Å². The predicted octanol–water partition coefficient (Wildman–Crippen LogP) is 3.16. The van der Waals surface area contributed by atoms with Gasteiger partial charge in [0.1, 0.15) is 11.5 Å². The third-order valence-electron chi connectivity index (χ3n) is 2.11. The second-order valence-electron chi connectivity index (χ2n) is 3.38. The van der Waals surface area contributed by atoms with E-state index < -0.39 is 30.3 Å². The molecule has 0 amide bonds. The molecule has 0 radical (unpaired) electrons. The standard InChI is InChI=1S/C11H11BrF3NO2/c1-2-18-9(17)4-7-10(13)6(5-12)3-8(16-7)11(14)15/h3,11H,2,4-5H2,1H3. The molecule has 3 nitrogen and oxygen atoms in total. The van der Waals surface area contributed by atoms with Gasteiger partial charge in [-0.05, 0) is 13.0 Å². The molecule has 0 saturated carbocycles. The summed E-state index contributed by atoms with van der Waals surface area (Å²) in [6, 6.07) is 0.976. The first-order chi connectivity index (χ1) is 8.49. The molecule has 0 aromatic carbocycles. The Morgan fingerprint density at radius 2 is 2.22 bits per heavy atom. The molecule has 100 valence electrons. The van der Waals surface area contributed by atoms with Crippen LogP contribution in [0, 0.1) is 5.82 Å². The van der Waals surface area contributed by atoms with Gasteiger partial charge in [-0.15, -0.1) is 0 Å². The van der Waals surface area contributed by atoms with E-state index in [2.05, 4.69) is 25.7 Å². The van der Waals surface area contributed by atoms with Crippen LogP contribution in [0.15, 0.2) is 6.07 Å². The average Bonchev–Trinajstić information content (AvgIpc) is 2.31. The van der Waals surface area contributed by atoms with Crippen molar-refractivity contribution in [1.29, 1.82) is 0 Å². The predicted molar refractivity (Wildman–Crippen MR) is 62.1 cm³/mol. The van der Waals surface area contributed by atoms with E-state index in [-0.39, 0.29) is 23.2 Å². The average molecular weight is 326 g/mol. The second-order valence-corrected chi connectivity index (χ2v) is 3.94. The van der Waals surface area contributed by atoms with Gasteiger partial charge in [-0.2, -0.15) is 0 Å². The van der Waals surface area contributed by atoms with E-state index in [0.29, 0.717) is 0 Å². The van der Waals surface area contributed by atoms with Crippen LogP contribution in [-0.2, 0) is 21.3 Å². The number of nitrogens with zero attached hydrogens (tertiary/aromatic N) is 1. The fourth-order valence-corrected chi connectivity index (χ4v) is 1.75. The van der Waals surface area contributed by atoms with Crippen LogP contribution in [0.4, 0.5) is 13.2 Å². The number of hydrogen-bond acceptors (Lipinski definition) is 3. The topological polar surface area (TPSA) is 39.2 Å². The molecule has 18 heavy (non-hydrogen) atoms. The molecule has 0 aliphatic heterocycles. The Balaban J connectivity index is 3.08. The summed E-state index contributed by atoms with van der Waals surface area (Å²) in [5, 5.41) is 0.0664. The molecule has 0 aliphatic rings. The first-order valence-corrected chi connectivity index (χ1v) is 6.29. The van der Waals surface area contributed by atoms with Crippen molar-refractivity contribution in [1.82, 2.24) is 4.98 Å². The number of hydrogen-bond donors (Lipinski definition) is 0. The fraction of sp³-hybridized carbons (Fsp3) is 0.455. The highest BCUT2D eigenvalue weighted by Crippen LogP contribution is 2.23. The van der Waals surface area contributed by atoms with Crippen molar-refractivity contribution >= 4 is 21.9 Å². The number of pyridine rings is 1. The Bertz CT molecular complexity index is 441. The van der Waals surface area contributed by atoms with Crippen molar-refractivity contribution < 1.29 is 22.7 Å². The second kappa shape index (κ2) is 6.72. The number of carbonyl (C=O) groups excluding carboxylic acids is 1. The Morgan fingerprint density at radius 1 is 1.56 bits per heavy atom. The molecule has 0 bridgehead atoms. The summed E-state index contributed by atoms with van der Waals surface area (Å²) < 4.78 is 43.5. The Kier molecular flexibility index (Phi) is 5.58. The van der Waals surface area contributed by atoms with Gasteiger partial charge in [-0.25, -0.2) is 18.2 Å². The van der Waals surface area contributed by atoms with Gasteiger partial charge in [0.15, 0.2) is 0 Å². The van der Waals surface area contributed by atoms with Crippen molar-refractivity contribution in [2.45, 2.75) is 25.1 Å². The number of esters is 1. The van der Waals surface area contributed by atoms with E-state index in [4.69, 9.17) is 0 Å². The summed E-state index contributed by atoms with van der Waals surface area (Å²) in [4.78, 5) is 14.7. The number of rotatable bonds is 5. The lowest BCUT2D eigenvalue weighted by molar-refractivity contribution is -0.142. The van der Waals surface area contributed by atoms with Gasteiger partial charge in [0.25, 0.3) is 6.43 Å². The zero-order valence-corrected chi connectivity index (χ0v) is 11.1. The SMILES string of the molecule is CCOC(=O)Cc1nc(C(F)F)cc(CBr)c1F. The van der Waals surface area contributed by atoms with Gasteiger partial charge >= 0.3 is 5.97 Å². The minimum atomic E-state index is -2.82. The van der Waals surface area contributed by atoms with Crippen molar-refractivity contribution in [3.63, 3.8) is 0 Å². The maximum atomic E-state index is 13.8. The molecule has 1 aromatic rings. The molecule has 7 heteroatoms. The fourth-order valence-electron chi connectivity index (χ4n) is 1.34. The molecule has 0 saturated heterocycles. The minimum Gasteiger partial charge on any atom is -0.466 e. The lowest BCUT2D eigenvalue weighted by Gasteiger charge is -2.09. The van der Waals surface area contributed by atoms with Crippen LogP contribution < -0.4 is 0 Å². The van der Waals surface area contributed by atoms with E-state index in [9.17, 15) is 18.0 Å². The number of aromatic nitrogens is 1. The van der Waals surface area contributed by atoms with Gasteiger partial charge in [0.05, 0.1) is 18.7 Å². The summed E-state index contributed by atoms with van der Waals surface area (Å²) in [7, 11) is 0. The lowest BCUT2D eigenvalue weighted by atomic mass is 10.1. The molecule has 0 aliphatic carbocycles. The summed E-state index contributed by atoms with van der Waals surface area (Å²) in [5.74, 6) is -1.46. The normalized spacial score (nSPS) is 10.8. The molecule has 1 aromatic heterocycles. The third kappa shape index (κ3) is 3.69. The first-order valence-electron chi connectivity index (χ1n) is 5.17. The number of alkyl halides is 3. The smallest absolute Gasteiger partial charge is 0.311 e. The molecule has 0 fully saturated rings. The Labute approximate surface area is 110 Å². The summed E-state index contributed by atoms with van der Waals surface area (Å²) in [6.45, 7) is 1.74. The molecular formula is C11H11BrF3NO2. The maximum Gasteiger partial charge on any atom is 0.311 e. The first kappa shape index (κ1) is 14.9. The van der Waals surface area contributed by atoms with Crippen molar-refractivity contribution in [3.8, 4) is 0 Å².